The van der Waals surface area contributed by atoms with Gasteiger partial charge in [-0.25, -0.2) is 0 Å². The van der Waals surface area contributed by atoms with E-state index in [9.17, 15) is 0 Å². The lowest BCUT2D eigenvalue weighted by atomic mass is 10.1. The zero-order valence-corrected chi connectivity index (χ0v) is 9.97. The van der Waals surface area contributed by atoms with Crippen molar-refractivity contribution < 1.29 is 4.42 Å². The van der Waals surface area contributed by atoms with Gasteiger partial charge in [0, 0.05) is 15.2 Å². The van der Waals surface area contributed by atoms with Crippen LogP contribution in [0.3, 0.4) is 0 Å². The molecule has 1 aromatic heterocycles. The molecule has 0 spiro atoms. The summed E-state index contributed by atoms with van der Waals surface area (Å²) in [6.07, 6.45) is 0. The van der Waals surface area contributed by atoms with Gasteiger partial charge in [-0.15, -0.1) is 0 Å². The fourth-order valence-corrected chi connectivity index (χ4v) is 2.45. The fourth-order valence-electron chi connectivity index (χ4n) is 1.75. The van der Waals surface area contributed by atoms with Gasteiger partial charge in [0.05, 0.1) is 5.02 Å². The van der Waals surface area contributed by atoms with E-state index in [1.54, 1.807) is 0 Å². The molecule has 0 fully saturated rings. The van der Waals surface area contributed by atoms with Crippen molar-refractivity contribution in [1.82, 2.24) is 0 Å². The molecule has 0 bridgehead atoms. The Bertz CT molecular complexity index is 657. The van der Waals surface area contributed by atoms with Crippen molar-refractivity contribution >= 4 is 49.5 Å². The monoisotopic (exact) mass is 280 g/mol. The van der Waals surface area contributed by atoms with Crippen LogP contribution in [0.25, 0.3) is 21.9 Å². The second-order valence-electron chi connectivity index (χ2n) is 3.33. The largest absolute Gasteiger partial charge is 0.456 e. The highest BCUT2D eigenvalue weighted by molar-refractivity contribution is 9.10. The van der Waals surface area contributed by atoms with Gasteiger partial charge in [-0.05, 0) is 34.1 Å². The van der Waals surface area contributed by atoms with E-state index in [1.807, 2.05) is 36.4 Å². The van der Waals surface area contributed by atoms with E-state index in [2.05, 4.69) is 15.9 Å². The summed E-state index contributed by atoms with van der Waals surface area (Å²) in [5, 5.41) is 2.83. The van der Waals surface area contributed by atoms with Crippen molar-refractivity contribution in [3.8, 4) is 0 Å². The molecule has 2 aromatic carbocycles. The summed E-state index contributed by atoms with van der Waals surface area (Å²) < 4.78 is 6.59. The number of fused-ring (bicyclic) bond motifs is 3. The van der Waals surface area contributed by atoms with Crippen LogP contribution in [-0.4, -0.2) is 0 Å². The summed E-state index contributed by atoms with van der Waals surface area (Å²) in [5.74, 6) is 0. The molecule has 0 aliphatic heterocycles. The number of rotatable bonds is 0. The van der Waals surface area contributed by atoms with Crippen LogP contribution in [0.15, 0.2) is 45.3 Å². The molecule has 3 aromatic rings. The zero-order chi connectivity index (χ0) is 10.4. The van der Waals surface area contributed by atoms with Crippen LogP contribution in [0.5, 0.6) is 0 Å². The standard InChI is InChI=1S/C12H6BrClO/c13-12-8(14)5-6-10-11(12)7-3-1-2-4-9(7)15-10/h1-6H. The Morgan fingerprint density at radius 3 is 2.67 bits per heavy atom. The lowest BCUT2D eigenvalue weighted by Crippen LogP contribution is -1.71. The van der Waals surface area contributed by atoms with Gasteiger partial charge in [-0.3, -0.25) is 0 Å². The lowest BCUT2D eigenvalue weighted by Gasteiger charge is -1.96. The van der Waals surface area contributed by atoms with E-state index in [0.29, 0.717) is 5.02 Å². The molecule has 1 nitrogen and oxygen atoms in total. The Morgan fingerprint density at radius 1 is 1.00 bits per heavy atom. The maximum atomic E-state index is 6.06. The van der Waals surface area contributed by atoms with Crippen LogP contribution in [0.1, 0.15) is 0 Å². The Morgan fingerprint density at radius 2 is 1.80 bits per heavy atom. The first-order valence-electron chi connectivity index (χ1n) is 4.52. The molecule has 3 rings (SSSR count). The molecule has 0 saturated carbocycles. The third-order valence-electron chi connectivity index (χ3n) is 2.43. The minimum absolute atomic E-state index is 0.703. The number of benzene rings is 2. The average Bonchev–Trinajstić information content (AvgIpc) is 2.62. The van der Waals surface area contributed by atoms with Crippen LogP contribution < -0.4 is 0 Å². The molecule has 74 valence electrons. The predicted molar refractivity (Wildman–Crippen MR) is 66.4 cm³/mol. The lowest BCUT2D eigenvalue weighted by molar-refractivity contribution is 0.669. The summed E-state index contributed by atoms with van der Waals surface area (Å²) >= 11 is 9.55. The third kappa shape index (κ3) is 1.29. The Kier molecular flexibility index (Phi) is 2.01. The van der Waals surface area contributed by atoms with Crippen molar-refractivity contribution in [3.63, 3.8) is 0 Å². The minimum Gasteiger partial charge on any atom is -0.456 e. The highest BCUT2D eigenvalue weighted by atomic mass is 79.9. The fraction of sp³-hybridized carbons (Fsp3) is 0. The molecule has 0 radical (unpaired) electrons. The van der Waals surface area contributed by atoms with E-state index in [1.165, 1.54) is 0 Å². The number of hydrogen-bond donors (Lipinski definition) is 0. The van der Waals surface area contributed by atoms with Gasteiger partial charge in [0.1, 0.15) is 11.2 Å². The SMILES string of the molecule is Clc1ccc2oc3ccccc3c2c1Br. The maximum absolute atomic E-state index is 6.06. The van der Waals surface area contributed by atoms with Gasteiger partial charge in [0.15, 0.2) is 0 Å². The normalized spacial score (nSPS) is 11.3. The Hall–Kier alpha value is -0.990. The average molecular weight is 282 g/mol. The van der Waals surface area contributed by atoms with E-state index < -0.39 is 0 Å². The number of hydrogen-bond acceptors (Lipinski definition) is 1. The molecule has 3 heteroatoms. The second-order valence-corrected chi connectivity index (χ2v) is 4.53. The molecule has 0 aliphatic rings. The van der Waals surface area contributed by atoms with Gasteiger partial charge in [-0.2, -0.15) is 0 Å². The second kappa shape index (κ2) is 3.26. The van der Waals surface area contributed by atoms with Crippen molar-refractivity contribution in [2.45, 2.75) is 0 Å². The van der Waals surface area contributed by atoms with Crippen LogP contribution in [0, 0.1) is 0 Å². The van der Waals surface area contributed by atoms with Crippen molar-refractivity contribution in [3.05, 3.63) is 45.9 Å². The van der Waals surface area contributed by atoms with E-state index in [4.69, 9.17) is 16.0 Å². The first kappa shape index (κ1) is 9.25. The summed E-state index contributed by atoms with van der Waals surface area (Å²) in [7, 11) is 0. The minimum atomic E-state index is 0.703. The van der Waals surface area contributed by atoms with Gasteiger partial charge >= 0.3 is 0 Å². The molecular formula is C12H6BrClO. The molecule has 0 saturated heterocycles. The number of halogens is 2. The van der Waals surface area contributed by atoms with Crippen LogP contribution in [-0.2, 0) is 0 Å². The first-order valence-corrected chi connectivity index (χ1v) is 5.70. The van der Waals surface area contributed by atoms with Crippen molar-refractivity contribution in [2.24, 2.45) is 0 Å². The number of furan rings is 1. The zero-order valence-electron chi connectivity index (χ0n) is 7.63. The Balaban J connectivity index is 2.63. The molecule has 0 unspecified atom stereocenters. The van der Waals surface area contributed by atoms with Crippen molar-refractivity contribution in [2.75, 3.05) is 0 Å². The molecule has 0 aliphatic carbocycles. The van der Waals surface area contributed by atoms with Gasteiger partial charge in [0.25, 0.3) is 0 Å². The summed E-state index contributed by atoms with van der Waals surface area (Å²) in [4.78, 5) is 0. The number of para-hydroxylation sites is 1. The summed E-state index contributed by atoms with van der Waals surface area (Å²) in [6, 6.07) is 11.7. The Labute approximate surface area is 99.8 Å². The molecular weight excluding hydrogens is 275 g/mol. The van der Waals surface area contributed by atoms with Crippen molar-refractivity contribution in [1.29, 1.82) is 0 Å². The van der Waals surface area contributed by atoms with Crippen LogP contribution in [0.2, 0.25) is 5.02 Å². The highest BCUT2D eigenvalue weighted by Gasteiger charge is 2.11. The summed E-state index contributed by atoms with van der Waals surface area (Å²) in [6.45, 7) is 0. The molecule has 0 N–H and O–H groups in total. The van der Waals surface area contributed by atoms with Crippen LogP contribution >= 0.6 is 27.5 Å². The van der Waals surface area contributed by atoms with E-state index in [0.717, 1.165) is 26.4 Å². The molecule has 0 atom stereocenters. The molecule has 1 heterocycles. The van der Waals surface area contributed by atoms with Gasteiger partial charge in [0.2, 0.25) is 0 Å². The summed E-state index contributed by atoms with van der Waals surface area (Å²) in [5.41, 5.74) is 1.74. The quantitative estimate of drug-likeness (QED) is 0.565. The molecule has 15 heavy (non-hydrogen) atoms. The predicted octanol–water partition coefficient (Wildman–Crippen LogP) is 5.00. The van der Waals surface area contributed by atoms with Gasteiger partial charge < -0.3 is 4.42 Å². The topological polar surface area (TPSA) is 13.1 Å². The van der Waals surface area contributed by atoms with Crippen LogP contribution in [0.4, 0.5) is 0 Å². The smallest absolute Gasteiger partial charge is 0.136 e. The maximum Gasteiger partial charge on any atom is 0.136 e. The third-order valence-corrected chi connectivity index (χ3v) is 3.80. The molecule has 0 amide bonds. The first-order chi connectivity index (χ1) is 7.27. The highest BCUT2D eigenvalue weighted by Crippen LogP contribution is 2.37. The van der Waals surface area contributed by atoms with E-state index in [-0.39, 0.29) is 0 Å². The van der Waals surface area contributed by atoms with E-state index >= 15 is 0 Å². The van der Waals surface area contributed by atoms with Gasteiger partial charge in [-0.1, -0.05) is 29.8 Å².